The van der Waals surface area contributed by atoms with Gasteiger partial charge in [-0.3, -0.25) is 0 Å². The minimum Gasteiger partial charge on any atom is -0.492 e. The van der Waals surface area contributed by atoms with Crippen LogP contribution in [0.25, 0.3) is 10.9 Å². The molecule has 1 N–H and O–H groups in total. The Morgan fingerprint density at radius 3 is 3.00 bits per heavy atom. The van der Waals surface area contributed by atoms with Crippen molar-refractivity contribution in [2.45, 2.75) is 12.8 Å². The first-order chi connectivity index (χ1) is 11.1. The molecule has 1 aromatic carbocycles. The van der Waals surface area contributed by atoms with Crippen LogP contribution in [0.5, 0.6) is 5.75 Å². The summed E-state index contributed by atoms with van der Waals surface area (Å²) in [4.78, 5) is 16.9. The van der Waals surface area contributed by atoms with Crippen molar-refractivity contribution in [2.24, 2.45) is 5.41 Å². The number of likely N-dealkylation sites (N-methyl/N-ethyl adjacent to an activating group) is 1. The second kappa shape index (κ2) is 6.72. The van der Waals surface area contributed by atoms with Crippen molar-refractivity contribution in [3.05, 3.63) is 30.0 Å². The molecule has 0 aliphatic carbocycles. The molecule has 124 valence electrons. The third kappa shape index (κ3) is 3.41. The Labute approximate surface area is 136 Å². The molecule has 1 fully saturated rings. The van der Waals surface area contributed by atoms with E-state index in [2.05, 4.69) is 36.2 Å². The van der Waals surface area contributed by atoms with E-state index in [9.17, 15) is 4.79 Å². The first-order valence-electron chi connectivity index (χ1n) is 8.04. The molecule has 1 aromatic heterocycles. The van der Waals surface area contributed by atoms with Crippen molar-refractivity contribution >= 4 is 17.2 Å². The molecule has 1 unspecified atom stereocenters. The molecule has 5 heteroatoms. The van der Waals surface area contributed by atoms with Crippen LogP contribution in [0, 0.1) is 5.41 Å². The van der Waals surface area contributed by atoms with Gasteiger partial charge in [-0.15, -0.1) is 0 Å². The van der Waals surface area contributed by atoms with Gasteiger partial charge in [0, 0.05) is 30.3 Å². The fourth-order valence-electron chi connectivity index (χ4n) is 2.97. The highest BCUT2D eigenvalue weighted by Gasteiger charge is 2.36. The molecule has 23 heavy (non-hydrogen) atoms. The van der Waals surface area contributed by atoms with Crippen molar-refractivity contribution in [1.29, 1.82) is 0 Å². The molecule has 0 amide bonds. The van der Waals surface area contributed by atoms with Crippen LogP contribution < -0.4 is 4.74 Å². The van der Waals surface area contributed by atoms with Crippen molar-refractivity contribution in [1.82, 2.24) is 9.88 Å². The van der Waals surface area contributed by atoms with E-state index < -0.39 is 5.41 Å². The molecule has 1 saturated heterocycles. The topological polar surface area (TPSA) is 54.6 Å². The van der Waals surface area contributed by atoms with Crippen molar-refractivity contribution in [3.63, 3.8) is 0 Å². The molecule has 2 aromatic rings. The van der Waals surface area contributed by atoms with E-state index >= 15 is 0 Å². The second-order valence-electron chi connectivity index (χ2n) is 6.62. The van der Waals surface area contributed by atoms with E-state index in [0.717, 1.165) is 42.3 Å². The van der Waals surface area contributed by atoms with E-state index in [1.165, 1.54) is 5.56 Å². The largest absolute Gasteiger partial charge is 0.492 e. The Morgan fingerprint density at radius 2 is 2.30 bits per heavy atom. The molecule has 0 saturated carbocycles. The molecule has 1 aliphatic rings. The van der Waals surface area contributed by atoms with Gasteiger partial charge in [-0.1, -0.05) is 6.07 Å². The number of benzene rings is 1. The normalized spacial score (nSPS) is 21.2. The van der Waals surface area contributed by atoms with Gasteiger partial charge in [0.25, 0.3) is 0 Å². The zero-order chi connectivity index (χ0) is 16.3. The quantitative estimate of drug-likeness (QED) is 0.796. The van der Waals surface area contributed by atoms with E-state index in [1.807, 2.05) is 12.1 Å². The molecular formula is C18H24N2O3. The third-order valence-electron chi connectivity index (χ3n) is 4.48. The highest BCUT2D eigenvalue weighted by Crippen LogP contribution is 2.32. The van der Waals surface area contributed by atoms with E-state index in [1.54, 1.807) is 0 Å². The van der Waals surface area contributed by atoms with Gasteiger partial charge in [0.15, 0.2) is 0 Å². The van der Waals surface area contributed by atoms with Gasteiger partial charge in [0.05, 0.1) is 12.0 Å². The number of carbonyl (C=O) groups excluding carboxylic acids is 1. The zero-order valence-corrected chi connectivity index (χ0v) is 13.8. The number of hydrogen-bond acceptors (Lipinski definition) is 4. The highest BCUT2D eigenvalue weighted by atomic mass is 16.5. The number of nitrogens with zero attached hydrogens (tertiary/aromatic N) is 1. The Kier molecular flexibility index (Phi) is 4.68. The third-order valence-corrected chi connectivity index (χ3v) is 4.48. The summed E-state index contributed by atoms with van der Waals surface area (Å²) < 4.78 is 11.4. The van der Waals surface area contributed by atoms with Crippen LogP contribution in [0.3, 0.4) is 0 Å². The van der Waals surface area contributed by atoms with Crippen molar-refractivity contribution < 1.29 is 14.3 Å². The van der Waals surface area contributed by atoms with Crippen LogP contribution in [0.1, 0.15) is 12.0 Å². The summed E-state index contributed by atoms with van der Waals surface area (Å²) in [6, 6.07) is 6.00. The lowest BCUT2D eigenvalue weighted by molar-refractivity contribution is -0.117. The van der Waals surface area contributed by atoms with Crippen LogP contribution in [0.2, 0.25) is 0 Å². The van der Waals surface area contributed by atoms with Gasteiger partial charge in [0.2, 0.25) is 0 Å². The average Bonchev–Trinajstić information content (AvgIpc) is 3.19. The van der Waals surface area contributed by atoms with Gasteiger partial charge in [-0.05, 0) is 44.6 Å². The summed E-state index contributed by atoms with van der Waals surface area (Å²) in [6.07, 6.45) is 4.72. The Bertz CT molecular complexity index is 672. The van der Waals surface area contributed by atoms with Crippen LogP contribution in [-0.4, -0.2) is 56.6 Å². The zero-order valence-electron chi connectivity index (χ0n) is 13.8. The maximum Gasteiger partial charge on any atom is 0.131 e. The predicted octanol–water partition coefficient (Wildman–Crippen LogP) is 2.26. The first kappa shape index (κ1) is 16.0. The van der Waals surface area contributed by atoms with Gasteiger partial charge in [-0.2, -0.15) is 0 Å². The van der Waals surface area contributed by atoms with Crippen LogP contribution >= 0.6 is 0 Å². The van der Waals surface area contributed by atoms with Gasteiger partial charge >= 0.3 is 0 Å². The molecule has 1 aliphatic heterocycles. The standard InChI is InChI=1S/C18H24N2O3/c1-20(2)8-6-14-10-19-15-4-3-5-16(17(14)15)23-13-18(11-21)7-9-22-12-18/h3-5,10-11,19H,6-9,12-13H2,1-2H3. The number of nitrogens with one attached hydrogen (secondary N) is 1. The number of ether oxygens (including phenoxy) is 2. The Morgan fingerprint density at radius 1 is 1.43 bits per heavy atom. The number of fused-ring (bicyclic) bond motifs is 1. The number of aromatic amines is 1. The summed E-state index contributed by atoms with van der Waals surface area (Å²) in [7, 11) is 4.14. The molecule has 5 nitrogen and oxygen atoms in total. The van der Waals surface area contributed by atoms with E-state index in [-0.39, 0.29) is 0 Å². The maximum atomic E-state index is 11.4. The minimum absolute atomic E-state index is 0.369. The number of aldehydes is 1. The summed E-state index contributed by atoms with van der Waals surface area (Å²) >= 11 is 0. The summed E-state index contributed by atoms with van der Waals surface area (Å²) in [5.41, 5.74) is 1.81. The summed E-state index contributed by atoms with van der Waals surface area (Å²) in [5, 5.41) is 1.12. The smallest absolute Gasteiger partial charge is 0.131 e. The number of hydrogen-bond donors (Lipinski definition) is 1. The fourth-order valence-corrected chi connectivity index (χ4v) is 2.97. The second-order valence-corrected chi connectivity index (χ2v) is 6.62. The van der Waals surface area contributed by atoms with Gasteiger partial charge in [0.1, 0.15) is 18.6 Å². The molecule has 0 bridgehead atoms. The average molecular weight is 316 g/mol. The Balaban J connectivity index is 1.82. The number of aromatic nitrogens is 1. The monoisotopic (exact) mass is 316 g/mol. The molecule has 0 radical (unpaired) electrons. The molecule has 1 atom stereocenters. The minimum atomic E-state index is -0.498. The van der Waals surface area contributed by atoms with Crippen molar-refractivity contribution in [2.75, 3.05) is 40.5 Å². The summed E-state index contributed by atoms with van der Waals surface area (Å²) in [6.45, 7) is 2.43. The fraction of sp³-hybridized carbons (Fsp3) is 0.500. The molecule has 3 rings (SSSR count). The molecule has 2 heterocycles. The van der Waals surface area contributed by atoms with Crippen LogP contribution in [0.4, 0.5) is 0 Å². The molecular weight excluding hydrogens is 292 g/mol. The number of H-pyrrole nitrogens is 1. The van der Waals surface area contributed by atoms with E-state index in [0.29, 0.717) is 19.8 Å². The maximum absolute atomic E-state index is 11.4. The summed E-state index contributed by atoms with van der Waals surface area (Å²) in [5.74, 6) is 0.839. The lowest BCUT2D eigenvalue weighted by atomic mass is 9.90. The molecule has 0 spiro atoms. The Hall–Kier alpha value is -1.85. The van der Waals surface area contributed by atoms with Gasteiger partial charge < -0.3 is 24.2 Å². The lowest BCUT2D eigenvalue weighted by Gasteiger charge is -2.21. The highest BCUT2D eigenvalue weighted by molar-refractivity contribution is 5.89. The van der Waals surface area contributed by atoms with Crippen LogP contribution in [-0.2, 0) is 16.0 Å². The SMILES string of the molecule is CN(C)CCc1c[nH]c2cccc(OCC3(C=O)CCOC3)c12. The number of rotatable bonds is 7. The van der Waals surface area contributed by atoms with E-state index in [4.69, 9.17) is 9.47 Å². The first-order valence-corrected chi connectivity index (χ1v) is 8.04. The predicted molar refractivity (Wildman–Crippen MR) is 90.0 cm³/mol. The van der Waals surface area contributed by atoms with Crippen LogP contribution in [0.15, 0.2) is 24.4 Å². The van der Waals surface area contributed by atoms with Crippen molar-refractivity contribution in [3.8, 4) is 5.75 Å². The van der Waals surface area contributed by atoms with Gasteiger partial charge in [-0.25, -0.2) is 0 Å². The lowest BCUT2D eigenvalue weighted by Crippen LogP contribution is -2.30. The number of carbonyl (C=O) groups is 1.